The van der Waals surface area contributed by atoms with Crippen molar-refractivity contribution in [2.45, 2.75) is 31.8 Å². The van der Waals surface area contributed by atoms with Gasteiger partial charge in [-0.2, -0.15) is 0 Å². The van der Waals surface area contributed by atoms with E-state index in [-0.39, 0.29) is 18.0 Å². The fourth-order valence-electron chi connectivity index (χ4n) is 2.40. The van der Waals surface area contributed by atoms with Gasteiger partial charge in [-0.05, 0) is 50.4 Å². The second-order valence-corrected chi connectivity index (χ2v) is 5.51. The molecular weight excluding hydrogens is 250 g/mol. The number of nitrogens with two attached hydrogens (primary N) is 1. The van der Waals surface area contributed by atoms with Crippen LogP contribution in [0.5, 0.6) is 0 Å². The van der Waals surface area contributed by atoms with Gasteiger partial charge in [0.1, 0.15) is 0 Å². The van der Waals surface area contributed by atoms with Crippen molar-refractivity contribution >= 4 is 17.6 Å². The molecule has 1 saturated carbocycles. The molecule has 1 aromatic rings. The molecule has 1 fully saturated rings. The van der Waals surface area contributed by atoms with E-state index < -0.39 is 5.41 Å². The fourth-order valence-corrected chi connectivity index (χ4v) is 2.53. The number of rotatable bonds is 4. The quantitative estimate of drug-likeness (QED) is 0.853. The minimum atomic E-state index is -0.552. The lowest BCUT2D eigenvalue weighted by molar-refractivity contribution is -0.151. The molecule has 4 heteroatoms. The van der Waals surface area contributed by atoms with Crippen molar-refractivity contribution in [2.75, 3.05) is 6.54 Å². The van der Waals surface area contributed by atoms with Crippen molar-refractivity contribution in [2.24, 2.45) is 11.7 Å². The summed E-state index contributed by atoms with van der Waals surface area (Å²) < 4.78 is 5.37. The number of hydrogen-bond acceptors (Lipinski definition) is 3. The van der Waals surface area contributed by atoms with Crippen molar-refractivity contribution < 1.29 is 9.53 Å². The summed E-state index contributed by atoms with van der Waals surface area (Å²) in [6.07, 6.45) is 0.650. The monoisotopic (exact) mass is 267 g/mol. The van der Waals surface area contributed by atoms with Crippen molar-refractivity contribution in [3.63, 3.8) is 0 Å². The van der Waals surface area contributed by atoms with Crippen LogP contribution >= 0.6 is 11.6 Å². The molecule has 0 radical (unpaired) electrons. The van der Waals surface area contributed by atoms with Gasteiger partial charge < -0.3 is 10.5 Å². The lowest BCUT2D eigenvalue weighted by atomic mass is 9.93. The first-order valence-electron chi connectivity index (χ1n) is 6.18. The van der Waals surface area contributed by atoms with E-state index in [2.05, 4.69) is 0 Å². The number of carbonyl (C=O) groups is 1. The minimum absolute atomic E-state index is 0.110. The average Bonchev–Trinajstić information content (AvgIpc) is 3.05. The third-order valence-corrected chi connectivity index (χ3v) is 3.71. The van der Waals surface area contributed by atoms with Crippen molar-refractivity contribution in [1.29, 1.82) is 0 Å². The Labute approximate surface area is 112 Å². The van der Waals surface area contributed by atoms with E-state index in [1.54, 1.807) is 12.1 Å². The second-order valence-electron chi connectivity index (χ2n) is 5.07. The summed E-state index contributed by atoms with van der Waals surface area (Å²) in [6.45, 7) is 4.20. The Hall–Kier alpha value is -1.06. The van der Waals surface area contributed by atoms with Crippen LogP contribution in [-0.4, -0.2) is 18.6 Å². The van der Waals surface area contributed by atoms with E-state index in [1.807, 2.05) is 26.0 Å². The van der Waals surface area contributed by atoms with Crippen molar-refractivity contribution in [3.8, 4) is 0 Å². The molecule has 0 amide bonds. The molecule has 0 spiro atoms. The van der Waals surface area contributed by atoms with E-state index in [9.17, 15) is 4.79 Å². The topological polar surface area (TPSA) is 52.3 Å². The highest BCUT2D eigenvalue weighted by Gasteiger charge is 2.61. The fraction of sp³-hybridized carbons (Fsp3) is 0.500. The van der Waals surface area contributed by atoms with Gasteiger partial charge in [-0.3, -0.25) is 4.79 Å². The van der Waals surface area contributed by atoms with E-state index in [0.29, 0.717) is 11.6 Å². The van der Waals surface area contributed by atoms with Gasteiger partial charge in [0.2, 0.25) is 0 Å². The van der Waals surface area contributed by atoms with Crippen molar-refractivity contribution in [1.82, 2.24) is 0 Å². The summed E-state index contributed by atoms with van der Waals surface area (Å²) in [5.74, 6) is 0.000183. The standard InChI is InChI=1S/C14H18ClNO2/c1-9(2)18-13(17)14(7-11(14)8-16)10-3-5-12(15)6-4-10/h3-6,9,11H,7-8,16H2,1-2H3/t11?,14-/m1/s1. The van der Waals surface area contributed by atoms with Crippen LogP contribution in [0.2, 0.25) is 5.02 Å². The van der Waals surface area contributed by atoms with Crippen LogP contribution in [0.15, 0.2) is 24.3 Å². The Bertz CT molecular complexity index is 444. The smallest absolute Gasteiger partial charge is 0.317 e. The van der Waals surface area contributed by atoms with E-state index >= 15 is 0 Å². The summed E-state index contributed by atoms with van der Waals surface area (Å²) in [5.41, 5.74) is 6.11. The van der Waals surface area contributed by atoms with Gasteiger partial charge in [-0.25, -0.2) is 0 Å². The summed E-state index contributed by atoms with van der Waals surface area (Å²) in [6, 6.07) is 7.37. The number of esters is 1. The van der Waals surface area contributed by atoms with Gasteiger partial charge >= 0.3 is 5.97 Å². The first kappa shape index (κ1) is 13.4. The average molecular weight is 268 g/mol. The Balaban J connectivity index is 2.28. The Kier molecular flexibility index (Phi) is 3.64. The van der Waals surface area contributed by atoms with E-state index in [0.717, 1.165) is 12.0 Å². The number of carbonyl (C=O) groups excluding carboxylic acids is 1. The summed E-state index contributed by atoms with van der Waals surface area (Å²) in [4.78, 5) is 12.3. The number of halogens is 1. The summed E-state index contributed by atoms with van der Waals surface area (Å²) >= 11 is 5.88. The number of ether oxygens (including phenoxy) is 1. The first-order chi connectivity index (χ1) is 8.50. The van der Waals surface area contributed by atoms with Gasteiger partial charge in [0.25, 0.3) is 0 Å². The summed E-state index contributed by atoms with van der Waals surface area (Å²) in [5, 5.41) is 0.663. The van der Waals surface area contributed by atoms with Crippen LogP contribution in [0, 0.1) is 5.92 Å². The Morgan fingerprint density at radius 3 is 2.56 bits per heavy atom. The van der Waals surface area contributed by atoms with Crippen LogP contribution in [0.4, 0.5) is 0 Å². The predicted molar refractivity (Wildman–Crippen MR) is 71.5 cm³/mol. The molecule has 1 aliphatic rings. The van der Waals surface area contributed by atoms with Gasteiger partial charge in [0.15, 0.2) is 0 Å². The highest BCUT2D eigenvalue weighted by Crippen LogP contribution is 2.54. The number of hydrogen-bond donors (Lipinski definition) is 1. The van der Waals surface area contributed by atoms with Crippen LogP contribution in [0.3, 0.4) is 0 Å². The zero-order chi connectivity index (χ0) is 13.3. The molecule has 98 valence electrons. The van der Waals surface area contributed by atoms with E-state index in [1.165, 1.54) is 0 Å². The maximum absolute atomic E-state index is 12.3. The molecule has 3 nitrogen and oxygen atoms in total. The van der Waals surface area contributed by atoms with Crippen molar-refractivity contribution in [3.05, 3.63) is 34.9 Å². The molecule has 0 bridgehead atoms. The van der Waals surface area contributed by atoms with Crippen LogP contribution < -0.4 is 5.73 Å². The molecule has 1 aliphatic carbocycles. The van der Waals surface area contributed by atoms with Gasteiger partial charge in [-0.1, -0.05) is 23.7 Å². The molecule has 2 atom stereocenters. The lowest BCUT2D eigenvalue weighted by Gasteiger charge is -2.18. The van der Waals surface area contributed by atoms with Gasteiger partial charge in [-0.15, -0.1) is 0 Å². The molecule has 0 aliphatic heterocycles. The number of benzene rings is 1. The normalized spacial score (nSPS) is 26.2. The maximum Gasteiger partial charge on any atom is 0.317 e. The van der Waals surface area contributed by atoms with Gasteiger partial charge in [0, 0.05) is 5.02 Å². The van der Waals surface area contributed by atoms with E-state index in [4.69, 9.17) is 22.1 Å². The molecular formula is C14H18ClNO2. The third kappa shape index (κ3) is 2.25. The molecule has 0 aromatic heterocycles. The van der Waals surface area contributed by atoms with Crippen LogP contribution in [-0.2, 0) is 14.9 Å². The van der Waals surface area contributed by atoms with Crippen LogP contribution in [0.1, 0.15) is 25.8 Å². The lowest BCUT2D eigenvalue weighted by Crippen LogP contribution is -2.29. The Morgan fingerprint density at radius 2 is 2.11 bits per heavy atom. The SMILES string of the molecule is CC(C)OC(=O)[C@@]1(c2ccc(Cl)cc2)CC1CN. The zero-order valence-electron chi connectivity index (χ0n) is 10.7. The molecule has 1 unspecified atom stereocenters. The molecule has 2 rings (SSSR count). The minimum Gasteiger partial charge on any atom is -0.462 e. The molecule has 0 saturated heterocycles. The molecule has 1 aromatic carbocycles. The highest BCUT2D eigenvalue weighted by molar-refractivity contribution is 6.30. The van der Waals surface area contributed by atoms with Crippen LogP contribution in [0.25, 0.3) is 0 Å². The van der Waals surface area contributed by atoms with Gasteiger partial charge in [0.05, 0.1) is 11.5 Å². The zero-order valence-corrected chi connectivity index (χ0v) is 11.4. The second kappa shape index (κ2) is 4.90. The first-order valence-corrected chi connectivity index (χ1v) is 6.55. The predicted octanol–water partition coefficient (Wildman–Crippen LogP) is 2.51. The molecule has 0 heterocycles. The largest absolute Gasteiger partial charge is 0.462 e. The molecule has 18 heavy (non-hydrogen) atoms. The highest BCUT2D eigenvalue weighted by atomic mass is 35.5. The Morgan fingerprint density at radius 1 is 1.50 bits per heavy atom. The third-order valence-electron chi connectivity index (χ3n) is 3.46. The molecule has 2 N–H and O–H groups in total. The maximum atomic E-state index is 12.3. The summed E-state index contributed by atoms with van der Waals surface area (Å²) in [7, 11) is 0.